The Morgan fingerprint density at radius 1 is 1.22 bits per heavy atom. The first-order valence-electron chi connectivity index (χ1n) is 11.6. The number of methoxy groups -OCH3 is 1. The van der Waals surface area contributed by atoms with Gasteiger partial charge in [-0.25, -0.2) is 0 Å². The fourth-order valence-electron chi connectivity index (χ4n) is 4.46. The van der Waals surface area contributed by atoms with Gasteiger partial charge < -0.3 is 20.3 Å². The molecule has 0 bridgehead atoms. The lowest BCUT2D eigenvalue weighted by Crippen LogP contribution is -2.51. The van der Waals surface area contributed by atoms with Gasteiger partial charge in [-0.15, -0.1) is 11.8 Å². The lowest BCUT2D eigenvalue weighted by molar-refractivity contribution is -0.135. The monoisotopic (exact) mass is 477 g/mol. The summed E-state index contributed by atoms with van der Waals surface area (Å²) in [6.07, 6.45) is 8.35. The third-order valence-corrected chi connectivity index (χ3v) is 8.00. The summed E-state index contributed by atoms with van der Waals surface area (Å²) in [5.41, 5.74) is 1.10. The molecule has 1 aliphatic carbocycles. The number of rotatable bonds is 9. The Kier molecular flexibility index (Phi) is 9.66. The molecular formula is C24H35N3O3S2. The molecule has 2 fully saturated rings. The summed E-state index contributed by atoms with van der Waals surface area (Å²) in [6, 6.07) is 7.63. The van der Waals surface area contributed by atoms with Crippen molar-refractivity contribution in [1.29, 1.82) is 0 Å². The Labute approximate surface area is 201 Å². The van der Waals surface area contributed by atoms with Crippen LogP contribution in [0, 0.1) is 5.92 Å². The molecule has 1 heterocycles. The van der Waals surface area contributed by atoms with Crippen molar-refractivity contribution in [3.63, 3.8) is 0 Å². The van der Waals surface area contributed by atoms with Gasteiger partial charge in [0.25, 0.3) is 5.91 Å². The fraction of sp³-hybridized carbons (Fsp3) is 0.625. The number of hydrogen-bond donors (Lipinski definition) is 2. The zero-order valence-electron chi connectivity index (χ0n) is 19.1. The van der Waals surface area contributed by atoms with Gasteiger partial charge in [0.2, 0.25) is 5.91 Å². The van der Waals surface area contributed by atoms with Crippen molar-refractivity contribution in [2.24, 2.45) is 5.92 Å². The second-order valence-corrected chi connectivity index (χ2v) is 10.3. The van der Waals surface area contributed by atoms with Gasteiger partial charge in [0.05, 0.1) is 18.1 Å². The van der Waals surface area contributed by atoms with E-state index in [1.807, 2.05) is 24.3 Å². The third-order valence-electron chi connectivity index (χ3n) is 6.37. The summed E-state index contributed by atoms with van der Waals surface area (Å²) in [4.78, 5) is 27.2. The molecule has 0 radical (unpaired) electrons. The topological polar surface area (TPSA) is 70.7 Å². The molecule has 1 aromatic carbocycles. The molecule has 32 heavy (non-hydrogen) atoms. The Hall–Kier alpha value is -1.80. The van der Waals surface area contributed by atoms with Gasteiger partial charge >= 0.3 is 0 Å². The van der Waals surface area contributed by atoms with Gasteiger partial charge in [-0.1, -0.05) is 56.5 Å². The van der Waals surface area contributed by atoms with Gasteiger partial charge in [0.15, 0.2) is 5.37 Å². The van der Waals surface area contributed by atoms with Crippen LogP contribution in [0.1, 0.15) is 57.4 Å². The number of nitrogens with one attached hydrogen (secondary N) is 2. The van der Waals surface area contributed by atoms with Crippen molar-refractivity contribution in [3.05, 3.63) is 29.8 Å². The summed E-state index contributed by atoms with van der Waals surface area (Å²) in [5, 5.41) is 6.04. The average Bonchev–Trinajstić information content (AvgIpc) is 3.32. The van der Waals surface area contributed by atoms with Crippen LogP contribution in [0.4, 0.5) is 0 Å². The van der Waals surface area contributed by atoms with Crippen LogP contribution in [-0.4, -0.2) is 52.5 Å². The second kappa shape index (κ2) is 12.4. The zero-order valence-corrected chi connectivity index (χ0v) is 20.7. The number of benzene rings is 1. The standard InChI is InChI=1S/C24H35N3O3S2/c1-17(28)27-14-15-32-24(27)22(29)26-21(13-10-18-6-4-3-5-7-18)23(31)25-16-19-8-11-20(30-2)12-9-19/h8-9,11-12,18,21,24H,3-7,10,13-16H2,1-2H3,(H,25,31)(H,26,29)/t21-,24+/m1/s1. The summed E-state index contributed by atoms with van der Waals surface area (Å²) < 4.78 is 5.22. The first-order valence-corrected chi connectivity index (χ1v) is 13.0. The van der Waals surface area contributed by atoms with E-state index in [0.717, 1.165) is 29.9 Å². The third kappa shape index (κ3) is 7.10. The van der Waals surface area contributed by atoms with Crippen molar-refractivity contribution in [2.75, 3.05) is 19.4 Å². The average molecular weight is 478 g/mol. The number of hydrogen-bond acceptors (Lipinski definition) is 5. The molecule has 2 atom stereocenters. The van der Waals surface area contributed by atoms with Crippen LogP contribution in [0.3, 0.4) is 0 Å². The summed E-state index contributed by atoms with van der Waals surface area (Å²) in [7, 11) is 1.65. The van der Waals surface area contributed by atoms with Crippen LogP contribution in [0.2, 0.25) is 0 Å². The summed E-state index contributed by atoms with van der Waals surface area (Å²) >= 11 is 7.24. The molecule has 6 nitrogen and oxygen atoms in total. The molecule has 176 valence electrons. The van der Waals surface area contributed by atoms with E-state index >= 15 is 0 Å². The number of nitrogens with zero attached hydrogens (tertiary/aromatic N) is 1. The van der Waals surface area contributed by atoms with E-state index in [0.29, 0.717) is 24.0 Å². The summed E-state index contributed by atoms with van der Waals surface area (Å²) in [5.74, 6) is 2.13. The Bertz CT molecular complexity index is 781. The highest BCUT2D eigenvalue weighted by atomic mass is 32.2. The predicted molar refractivity (Wildman–Crippen MR) is 134 cm³/mol. The first-order chi connectivity index (χ1) is 15.5. The molecule has 2 aliphatic rings. The highest BCUT2D eigenvalue weighted by Gasteiger charge is 2.34. The van der Waals surface area contributed by atoms with Crippen LogP contribution >= 0.6 is 24.0 Å². The van der Waals surface area contributed by atoms with Gasteiger partial charge in [-0.05, 0) is 36.5 Å². The molecule has 1 saturated carbocycles. The summed E-state index contributed by atoms with van der Waals surface area (Å²) in [6.45, 7) is 2.73. The van der Waals surface area contributed by atoms with E-state index in [2.05, 4.69) is 10.6 Å². The lowest BCUT2D eigenvalue weighted by Gasteiger charge is -2.28. The SMILES string of the molecule is COc1ccc(CNC(=S)[C@@H](CCC2CCCCC2)NC(=O)[C@@H]2SCCN2C(C)=O)cc1. The molecule has 0 unspecified atom stereocenters. The van der Waals surface area contributed by atoms with E-state index in [9.17, 15) is 9.59 Å². The van der Waals surface area contributed by atoms with Crippen molar-refractivity contribution in [3.8, 4) is 5.75 Å². The van der Waals surface area contributed by atoms with Crippen LogP contribution in [-0.2, 0) is 16.1 Å². The van der Waals surface area contributed by atoms with Crippen LogP contribution in [0.25, 0.3) is 0 Å². The number of thioether (sulfide) groups is 1. The van der Waals surface area contributed by atoms with Gasteiger partial charge in [-0.3, -0.25) is 9.59 Å². The first kappa shape index (κ1) is 24.8. The molecule has 2 N–H and O–H groups in total. The highest BCUT2D eigenvalue weighted by molar-refractivity contribution is 8.00. The highest BCUT2D eigenvalue weighted by Crippen LogP contribution is 2.28. The molecule has 3 rings (SSSR count). The molecular weight excluding hydrogens is 442 g/mol. The Balaban J connectivity index is 1.61. The quantitative estimate of drug-likeness (QED) is 0.526. The van der Waals surface area contributed by atoms with E-state index in [1.165, 1.54) is 50.8 Å². The zero-order chi connectivity index (χ0) is 22.9. The normalized spacial score (nSPS) is 19.9. The predicted octanol–water partition coefficient (Wildman–Crippen LogP) is 3.88. The van der Waals surface area contributed by atoms with Crippen molar-refractivity contribution in [1.82, 2.24) is 15.5 Å². The Morgan fingerprint density at radius 2 is 1.94 bits per heavy atom. The smallest absolute Gasteiger partial charge is 0.253 e. The van der Waals surface area contributed by atoms with Gasteiger partial charge in [0, 0.05) is 25.8 Å². The van der Waals surface area contributed by atoms with Crippen LogP contribution in [0.5, 0.6) is 5.75 Å². The van der Waals surface area contributed by atoms with Crippen molar-refractivity contribution < 1.29 is 14.3 Å². The molecule has 1 aromatic rings. The maximum absolute atomic E-state index is 13.0. The lowest BCUT2D eigenvalue weighted by atomic mass is 9.85. The molecule has 1 saturated heterocycles. The number of carbonyl (C=O) groups is 2. The minimum atomic E-state index is -0.464. The van der Waals surface area contributed by atoms with E-state index in [-0.39, 0.29) is 17.9 Å². The number of carbonyl (C=O) groups excluding carboxylic acids is 2. The van der Waals surface area contributed by atoms with E-state index in [1.54, 1.807) is 12.0 Å². The number of thiocarbonyl (C=S) groups is 1. The number of ether oxygens (including phenoxy) is 1. The molecule has 0 aromatic heterocycles. The minimum Gasteiger partial charge on any atom is -0.497 e. The molecule has 8 heteroatoms. The van der Waals surface area contributed by atoms with Gasteiger partial charge in [-0.2, -0.15) is 0 Å². The van der Waals surface area contributed by atoms with Crippen LogP contribution < -0.4 is 15.4 Å². The van der Waals surface area contributed by atoms with E-state index < -0.39 is 5.37 Å². The number of amides is 2. The van der Waals surface area contributed by atoms with Crippen LogP contribution in [0.15, 0.2) is 24.3 Å². The van der Waals surface area contributed by atoms with Gasteiger partial charge in [0.1, 0.15) is 5.75 Å². The van der Waals surface area contributed by atoms with Crippen molar-refractivity contribution in [2.45, 2.75) is 69.8 Å². The van der Waals surface area contributed by atoms with Crippen molar-refractivity contribution >= 4 is 40.8 Å². The molecule has 0 spiro atoms. The largest absolute Gasteiger partial charge is 0.497 e. The fourth-order valence-corrected chi connectivity index (χ4v) is 5.88. The van der Waals surface area contributed by atoms with E-state index in [4.69, 9.17) is 17.0 Å². The minimum absolute atomic E-state index is 0.0610. The molecule has 1 aliphatic heterocycles. The Morgan fingerprint density at radius 3 is 2.59 bits per heavy atom. The maximum Gasteiger partial charge on any atom is 0.253 e. The second-order valence-electron chi connectivity index (χ2n) is 8.64. The maximum atomic E-state index is 13.0. The molecule has 2 amide bonds.